The lowest BCUT2D eigenvalue weighted by atomic mass is 10.2. The van der Waals surface area contributed by atoms with Gasteiger partial charge in [0.05, 0.1) is 4.90 Å². The van der Waals surface area contributed by atoms with Crippen molar-refractivity contribution in [1.82, 2.24) is 4.72 Å². The molecule has 1 aliphatic carbocycles. The first-order valence-corrected chi connectivity index (χ1v) is 8.76. The smallest absolute Gasteiger partial charge is 0.208 e. The van der Waals surface area contributed by atoms with E-state index in [9.17, 15) is 8.42 Å². The number of nitrogens with one attached hydrogen (secondary N) is 1. The Bertz CT molecular complexity index is 513. The van der Waals surface area contributed by atoms with Gasteiger partial charge in [-0.15, -0.1) is 11.6 Å². The molecule has 1 N–H and O–H groups in total. The predicted molar refractivity (Wildman–Crippen MR) is 78.0 cm³/mol. The molecule has 19 heavy (non-hydrogen) atoms. The SMILES string of the molecule is CCCC1CC1NS(=O)(=O)c1ccc(CCCl)cc1. The summed E-state index contributed by atoms with van der Waals surface area (Å²) in [6.07, 6.45) is 3.94. The van der Waals surface area contributed by atoms with Gasteiger partial charge in [0.25, 0.3) is 0 Å². The van der Waals surface area contributed by atoms with Crippen molar-refractivity contribution in [1.29, 1.82) is 0 Å². The molecule has 0 bridgehead atoms. The molecule has 0 saturated heterocycles. The van der Waals surface area contributed by atoms with E-state index in [4.69, 9.17) is 11.6 Å². The van der Waals surface area contributed by atoms with Crippen molar-refractivity contribution in [3.8, 4) is 0 Å². The molecule has 0 aromatic heterocycles. The highest BCUT2D eigenvalue weighted by molar-refractivity contribution is 7.89. The topological polar surface area (TPSA) is 46.2 Å². The van der Waals surface area contributed by atoms with Crippen molar-refractivity contribution >= 4 is 21.6 Å². The van der Waals surface area contributed by atoms with Crippen LogP contribution >= 0.6 is 11.6 Å². The fourth-order valence-electron chi connectivity index (χ4n) is 2.29. The number of aryl methyl sites for hydroxylation is 1. The Labute approximate surface area is 120 Å². The molecule has 1 fully saturated rings. The standard InChI is InChI=1S/C14H20ClNO2S/c1-2-3-12-10-14(12)16-19(17,18)13-6-4-11(5-7-13)8-9-15/h4-7,12,14,16H,2-3,8-10H2,1H3. The highest BCUT2D eigenvalue weighted by Crippen LogP contribution is 2.35. The molecule has 2 unspecified atom stereocenters. The Morgan fingerprint density at radius 3 is 2.58 bits per heavy atom. The van der Waals surface area contributed by atoms with Crippen LogP contribution in [0.15, 0.2) is 29.2 Å². The lowest BCUT2D eigenvalue weighted by Gasteiger charge is -2.07. The van der Waals surface area contributed by atoms with Gasteiger partial charge in [0.1, 0.15) is 0 Å². The van der Waals surface area contributed by atoms with Gasteiger partial charge in [-0.1, -0.05) is 25.5 Å². The maximum absolute atomic E-state index is 12.2. The van der Waals surface area contributed by atoms with Crippen LogP contribution in [0.4, 0.5) is 0 Å². The molecule has 2 atom stereocenters. The van der Waals surface area contributed by atoms with Crippen LogP contribution in [0.1, 0.15) is 31.7 Å². The molecule has 106 valence electrons. The molecular formula is C14H20ClNO2S. The van der Waals surface area contributed by atoms with Gasteiger partial charge in [-0.25, -0.2) is 13.1 Å². The Hall–Kier alpha value is -0.580. The highest BCUT2D eigenvalue weighted by Gasteiger charge is 2.39. The third-order valence-corrected chi connectivity index (χ3v) is 5.20. The van der Waals surface area contributed by atoms with Crippen LogP contribution in [0.5, 0.6) is 0 Å². The second kappa shape index (κ2) is 6.25. The summed E-state index contributed by atoms with van der Waals surface area (Å²) in [6.45, 7) is 2.12. The average molecular weight is 302 g/mol. The van der Waals surface area contributed by atoms with E-state index in [0.29, 0.717) is 16.7 Å². The Kier molecular flexibility index (Phi) is 4.87. The maximum atomic E-state index is 12.2. The summed E-state index contributed by atoms with van der Waals surface area (Å²) in [5.41, 5.74) is 1.06. The van der Waals surface area contributed by atoms with Crippen LogP contribution in [0, 0.1) is 5.92 Å². The summed E-state index contributed by atoms with van der Waals surface area (Å²) < 4.78 is 27.1. The summed E-state index contributed by atoms with van der Waals surface area (Å²) in [5, 5.41) is 0. The minimum absolute atomic E-state index is 0.132. The van der Waals surface area contributed by atoms with Crippen LogP contribution in [-0.2, 0) is 16.4 Å². The van der Waals surface area contributed by atoms with Gasteiger partial charge in [-0.2, -0.15) is 0 Å². The molecular weight excluding hydrogens is 282 g/mol. The fourth-order valence-corrected chi connectivity index (χ4v) is 3.83. The molecule has 5 heteroatoms. The van der Waals surface area contributed by atoms with Crippen molar-refractivity contribution < 1.29 is 8.42 Å². The van der Waals surface area contributed by atoms with Crippen LogP contribution in [0.2, 0.25) is 0 Å². The Morgan fingerprint density at radius 2 is 2.00 bits per heavy atom. The Morgan fingerprint density at radius 1 is 1.32 bits per heavy atom. The van der Waals surface area contributed by atoms with Gasteiger partial charge in [-0.3, -0.25) is 0 Å². The van der Waals surface area contributed by atoms with Crippen molar-refractivity contribution in [3.05, 3.63) is 29.8 Å². The van der Waals surface area contributed by atoms with Crippen LogP contribution in [0.25, 0.3) is 0 Å². The van der Waals surface area contributed by atoms with Crippen LogP contribution < -0.4 is 4.72 Å². The van der Waals surface area contributed by atoms with Gasteiger partial charge in [-0.05, 0) is 42.9 Å². The number of alkyl halides is 1. The zero-order valence-corrected chi connectivity index (χ0v) is 12.7. The van der Waals surface area contributed by atoms with E-state index in [1.54, 1.807) is 12.1 Å². The number of rotatable bonds is 7. The number of benzene rings is 1. The number of hydrogen-bond acceptors (Lipinski definition) is 2. The van der Waals surface area contributed by atoms with E-state index in [0.717, 1.165) is 31.2 Å². The molecule has 1 saturated carbocycles. The first-order chi connectivity index (χ1) is 9.06. The second-order valence-corrected chi connectivity index (χ2v) is 7.19. The predicted octanol–water partition coefficient (Wildman–Crippen LogP) is 2.93. The van der Waals surface area contributed by atoms with Gasteiger partial charge in [0, 0.05) is 11.9 Å². The summed E-state index contributed by atoms with van der Waals surface area (Å²) in [6, 6.07) is 7.09. The Balaban J connectivity index is 1.99. The molecule has 0 amide bonds. The summed E-state index contributed by atoms with van der Waals surface area (Å²) in [7, 11) is -3.36. The van der Waals surface area contributed by atoms with Gasteiger partial charge in [0.2, 0.25) is 10.0 Å². The normalized spacial score (nSPS) is 22.4. The fraction of sp³-hybridized carbons (Fsp3) is 0.571. The van der Waals surface area contributed by atoms with E-state index >= 15 is 0 Å². The quantitative estimate of drug-likeness (QED) is 0.787. The van der Waals surface area contributed by atoms with E-state index in [1.807, 2.05) is 12.1 Å². The van der Waals surface area contributed by atoms with Crippen molar-refractivity contribution in [2.75, 3.05) is 5.88 Å². The molecule has 3 nitrogen and oxygen atoms in total. The van der Waals surface area contributed by atoms with Gasteiger partial charge >= 0.3 is 0 Å². The minimum Gasteiger partial charge on any atom is -0.208 e. The zero-order chi connectivity index (χ0) is 13.9. The lowest BCUT2D eigenvalue weighted by Crippen LogP contribution is -2.27. The molecule has 0 radical (unpaired) electrons. The van der Waals surface area contributed by atoms with Crippen molar-refractivity contribution in [2.45, 2.75) is 43.5 Å². The van der Waals surface area contributed by atoms with Gasteiger partial charge < -0.3 is 0 Å². The van der Waals surface area contributed by atoms with E-state index in [1.165, 1.54) is 0 Å². The summed E-state index contributed by atoms with van der Waals surface area (Å²) in [5.74, 6) is 1.07. The average Bonchev–Trinajstić information content (AvgIpc) is 3.08. The third kappa shape index (κ3) is 3.94. The second-order valence-electron chi connectivity index (χ2n) is 5.10. The maximum Gasteiger partial charge on any atom is 0.240 e. The zero-order valence-electron chi connectivity index (χ0n) is 11.1. The van der Waals surface area contributed by atoms with Crippen molar-refractivity contribution in [3.63, 3.8) is 0 Å². The minimum atomic E-state index is -3.36. The molecule has 0 heterocycles. The van der Waals surface area contributed by atoms with E-state index < -0.39 is 10.0 Å². The molecule has 1 aromatic carbocycles. The van der Waals surface area contributed by atoms with Crippen molar-refractivity contribution in [2.24, 2.45) is 5.92 Å². The molecule has 1 aromatic rings. The summed E-state index contributed by atoms with van der Waals surface area (Å²) in [4.78, 5) is 0.341. The largest absolute Gasteiger partial charge is 0.240 e. The number of sulfonamides is 1. The van der Waals surface area contributed by atoms with E-state index in [-0.39, 0.29) is 6.04 Å². The number of hydrogen-bond donors (Lipinski definition) is 1. The molecule has 2 rings (SSSR count). The monoisotopic (exact) mass is 301 g/mol. The number of halogens is 1. The molecule has 1 aliphatic rings. The third-order valence-electron chi connectivity index (χ3n) is 3.51. The highest BCUT2D eigenvalue weighted by atomic mass is 35.5. The molecule has 0 aliphatic heterocycles. The lowest BCUT2D eigenvalue weighted by molar-refractivity contribution is 0.573. The van der Waals surface area contributed by atoms with Gasteiger partial charge in [0.15, 0.2) is 0 Å². The molecule has 0 spiro atoms. The summed E-state index contributed by atoms with van der Waals surface area (Å²) >= 11 is 5.66. The van der Waals surface area contributed by atoms with Crippen LogP contribution in [-0.4, -0.2) is 20.3 Å². The first-order valence-electron chi connectivity index (χ1n) is 6.74. The first kappa shape index (κ1) is 14.8. The van der Waals surface area contributed by atoms with Crippen LogP contribution in [0.3, 0.4) is 0 Å². The van der Waals surface area contributed by atoms with E-state index in [2.05, 4.69) is 11.6 Å².